The van der Waals surface area contributed by atoms with Crippen LogP contribution in [0.25, 0.3) is 0 Å². The summed E-state index contributed by atoms with van der Waals surface area (Å²) in [5, 5.41) is 12.7. The first kappa shape index (κ1) is 21.1. The van der Waals surface area contributed by atoms with Crippen LogP contribution in [0.5, 0.6) is 17.2 Å². The fourth-order valence-corrected chi connectivity index (χ4v) is 3.20. The molecule has 2 N–H and O–H groups in total. The maximum Gasteiger partial charge on any atom is 0.237 e. The highest BCUT2D eigenvalue weighted by molar-refractivity contribution is 6.38. The van der Waals surface area contributed by atoms with Crippen LogP contribution in [0.15, 0.2) is 42.6 Å². The van der Waals surface area contributed by atoms with E-state index in [0.29, 0.717) is 24.3 Å². The van der Waals surface area contributed by atoms with Crippen LogP contribution in [-0.2, 0) is 6.42 Å². The summed E-state index contributed by atoms with van der Waals surface area (Å²) in [6, 6.07) is 10.4. The van der Waals surface area contributed by atoms with E-state index in [1.54, 1.807) is 18.3 Å². The third-order valence-electron chi connectivity index (χ3n) is 4.24. The van der Waals surface area contributed by atoms with Gasteiger partial charge in [-0.1, -0.05) is 43.1 Å². The summed E-state index contributed by atoms with van der Waals surface area (Å²) < 4.78 is 20.0. The van der Waals surface area contributed by atoms with E-state index in [4.69, 9.17) is 27.9 Å². The Morgan fingerprint density at radius 1 is 1.17 bits per heavy atom. The number of pyridine rings is 2. The van der Waals surface area contributed by atoms with Crippen molar-refractivity contribution < 1.29 is 14.2 Å². The molecule has 29 heavy (non-hydrogen) atoms. The second-order valence-corrected chi connectivity index (χ2v) is 7.44. The van der Waals surface area contributed by atoms with Crippen LogP contribution in [0, 0.1) is 5.95 Å². The molecule has 0 saturated carbocycles. The number of hydrogen-bond acceptors (Lipinski definition) is 5. The number of rotatable bonds is 7. The number of benzene rings is 1. The van der Waals surface area contributed by atoms with Crippen molar-refractivity contribution in [3.05, 3.63) is 69.8 Å². The summed E-state index contributed by atoms with van der Waals surface area (Å²) in [7, 11) is 0. The maximum absolute atomic E-state index is 14.3. The Hall–Kier alpha value is -2.57. The van der Waals surface area contributed by atoms with Gasteiger partial charge in [0.2, 0.25) is 5.95 Å². The molecule has 3 rings (SSSR count). The van der Waals surface area contributed by atoms with Gasteiger partial charge in [-0.15, -0.1) is 0 Å². The number of hydrogen-bond donors (Lipinski definition) is 2. The molecule has 0 unspecified atom stereocenters. The number of phenolic OH excluding ortho intramolecular Hbond substituents is 1. The average molecular weight is 436 g/mol. The first-order valence-corrected chi connectivity index (χ1v) is 9.81. The van der Waals surface area contributed by atoms with Gasteiger partial charge >= 0.3 is 0 Å². The number of halogens is 3. The maximum atomic E-state index is 14.3. The summed E-state index contributed by atoms with van der Waals surface area (Å²) in [6.45, 7) is 4.32. The Bertz CT molecular complexity index is 1000. The number of nitrogens with one attached hydrogen (secondary N) is 1. The largest absolute Gasteiger partial charge is 0.508 e. The first-order valence-electron chi connectivity index (χ1n) is 9.06. The third kappa shape index (κ3) is 5.08. The van der Waals surface area contributed by atoms with Gasteiger partial charge in [-0.05, 0) is 36.2 Å². The van der Waals surface area contributed by atoms with E-state index in [9.17, 15) is 9.50 Å². The lowest BCUT2D eigenvalue weighted by Gasteiger charge is -2.15. The zero-order valence-electron chi connectivity index (χ0n) is 15.9. The lowest BCUT2D eigenvalue weighted by molar-refractivity contribution is 0.452. The molecule has 5 nitrogen and oxygen atoms in total. The summed E-state index contributed by atoms with van der Waals surface area (Å²) >= 11 is 12.4. The van der Waals surface area contributed by atoms with Gasteiger partial charge in [-0.25, -0.2) is 0 Å². The van der Waals surface area contributed by atoms with Crippen LogP contribution < -0.4 is 10.1 Å². The Morgan fingerprint density at radius 3 is 2.66 bits per heavy atom. The van der Waals surface area contributed by atoms with Crippen LogP contribution in [-0.4, -0.2) is 21.6 Å². The van der Waals surface area contributed by atoms with Gasteiger partial charge in [0.25, 0.3) is 0 Å². The Kier molecular flexibility index (Phi) is 6.77. The molecule has 0 bridgehead atoms. The highest BCUT2D eigenvalue weighted by Crippen LogP contribution is 2.42. The predicted octanol–water partition coefficient (Wildman–Crippen LogP) is 6.20. The molecular formula is C21H20Cl2FN3O2. The minimum absolute atomic E-state index is 0.0402. The molecular weight excluding hydrogens is 416 g/mol. The molecule has 0 atom stereocenters. The van der Waals surface area contributed by atoms with Crippen molar-refractivity contribution in [3.8, 4) is 17.2 Å². The number of aromatic hydroxyl groups is 1. The van der Waals surface area contributed by atoms with Crippen molar-refractivity contribution >= 4 is 29.0 Å². The van der Waals surface area contributed by atoms with Crippen LogP contribution in [0.1, 0.15) is 31.0 Å². The minimum atomic E-state index is -0.894. The Morgan fingerprint density at radius 2 is 1.97 bits per heavy atom. The quantitative estimate of drug-likeness (QED) is 0.432. The number of aromatic nitrogens is 2. The fraction of sp³-hybridized carbons (Fsp3) is 0.238. The monoisotopic (exact) mass is 435 g/mol. The third-order valence-corrected chi connectivity index (χ3v) is 4.92. The highest BCUT2D eigenvalue weighted by atomic mass is 35.5. The molecule has 8 heteroatoms. The first-order chi connectivity index (χ1) is 13.9. The van der Waals surface area contributed by atoms with Crippen molar-refractivity contribution in [3.63, 3.8) is 0 Å². The molecule has 0 aliphatic rings. The van der Waals surface area contributed by atoms with E-state index in [0.717, 1.165) is 5.69 Å². The molecule has 0 aliphatic carbocycles. The number of nitrogens with zero attached hydrogens (tertiary/aromatic N) is 2. The van der Waals surface area contributed by atoms with Gasteiger partial charge in [0, 0.05) is 30.4 Å². The van der Waals surface area contributed by atoms with Crippen molar-refractivity contribution in [2.45, 2.75) is 26.2 Å². The van der Waals surface area contributed by atoms with Crippen molar-refractivity contribution in [2.75, 3.05) is 11.9 Å². The van der Waals surface area contributed by atoms with E-state index < -0.39 is 5.95 Å². The second-order valence-electron chi connectivity index (χ2n) is 6.68. The van der Waals surface area contributed by atoms with Crippen LogP contribution in [0.2, 0.25) is 10.0 Å². The van der Waals surface area contributed by atoms with Crippen molar-refractivity contribution in [1.29, 1.82) is 0 Å². The zero-order chi connectivity index (χ0) is 21.0. The minimum Gasteiger partial charge on any atom is -0.508 e. The van der Waals surface area contributed by atoms with Crippen molar-refractivity contribution in [1.82, 2.24) is 9.97 Å². The van der Waals surface area contributed by atoms with Gasteiger partial charge in [-0.2, -0.15) is 9.37 Å². The summed E-state index contributed by atoms with van der Waals surface area (Å²) in [5.74, 6) is -0.205. The Balaban J connectivity index is 1.83. The molecule has 1 aromatic carbocycles. The van der Waals surface area contributed by atoms with Gasteiger partial charge in [0.1, 0.15) is 21.5 Å². The molecule has 0 spiro atoms. The van der Waals surface area contributed by atoms with E-state index >= 15 is 0 Å². The Labute approximate surface area is 178 Å². The summed E-state index contributed by atoms with van der Waals surface area (Å²) in [5.41, 5.74) is 1.57. The van der Waals surface area contributed by atoms with Crippen molar-refractivity contribution in [2.24, 2.45) is 0 Å². The van der Waals surface area contributed by atoms with E-state index in [2.05, 4.69) is 15.3 Å². The average Bonchev–Trinajstić information content (AvgIpc) is 2.71. The van der Waals surface area contributed by atoms with Crippen LogP contribution in [0.3, 0.4) is 0 Å². The number of phenols is 1. The molecule has 2 aromatic heterocycles. The highest BCUT2D eigenvalue weighted by Gasteiger charge is 2.20. The topological polar surface area (TPSA) is 67.3 Å². The van der Waals surface area contributed by atoms with Gasteiger partial charge < -0.3 is 15.2 Å². The molecule has 2 heterocycles. The lowest BCUT2D eigenvalue weighted by atomic mass is 10.0. The molecule has 152 valence electrons. The molecule has 0 amide bonds. The number of anilines is 1. The molecule has 0 aliphatic heterocycles. The summed E-state index contributed by atoms with van der Waals surface area (Å²) in [4.78, 5) is 8.02. The van der Waals surface area contributed by atoms with E-state index in [1.807, 2.05) is 32.0 Å². The molecule has 0 saturated heterocycles. The van der Waals surface area contributed by atoms with E-state index in [-0.39, 0.29) is 33.3 Å². The molecule has 0 radical (unpaired) electrons. The summed E-state index contributed by atoms with van der Waals surface area (Å²) in [6.07, 6.45) is 2.31. The van der Waals surface area contributed by atoms with E-state index in [1.165, 1.54) is 6.07 Å². The normalized spacial score (nSPS) is 11.0. The fourth-order valence-electron chi connectivity index (χ4n) is 2.73. The molecule has 3 aromatic rings. The van der Waals surface area contributed by atoms with Crippen LogP contribution in [0.4, 0.5) is 10.2 Å². The van der Waals surface area contributed by atoms with Gasteiger partial charge in [0.05, 0.1) is 0 Å². The standard InChI is InChI=1S/C21H20Cl2FN3O2/c1-12(2)15-11-14(6-7-16(15)28)29-19-17(22)20(24)27-21(18(19)23)26-10-8-13-5-3-4-9-25-13/h3-7,9,11-12,28H,8,10H2,1-2H3,(H,26,27). The van der Waals surface area contributed by atoms with Crippen LogP contribution >= 0.6 is 23.2 Å². The van der Waals surface area contributed by atoms with Gasteiger partial charge in [-0.3, -0.25) is 4.98 Å². The smallest absolute Gasteiger partial charge is 0.237 e. The van der Waals surface area contributed by atoms with Gasteiger partial charge in [0.15, 0.2) is 11.6 Å². The number of ether oxygens (including phenoxy) is 1. The molecule has 0 fully saturated rings. The predicted molar refractivity (Wildman–Crippen MR) is 113 cm³/mol. The second kappa shape index (κ2) is 9.29. The lowest BCUT2D eigenvalue weighted by Crippen LogP contribution is -2.09. The SMILES string of the molecule is CC(C)c1cc(Oc2c(Cl)c(F)nc(NCCc3ccccn3)c2Cl)ccc1O. The zero-order valence-corrected chi connectivity index (χ0v) is 17.4.